The largest absolute Gasteiger partial charge is 0.480 e. The summed E-state index contributed by atoms with van der Waals surface area (Å²) in [5.74, 6) is -1.77. The maximum atomic E-state index is 12.7. The molecule has 0 aromatic carbocycles. The summed E-state index contributed by atoms with van der Waals surface area (Å²) in [5.41, 5.74) is 5.37. The van der Waals surface area contributed by atoms with E-state index in [4.69, 9.17) is 29.4 Å². The van der Waals surface area contributed by atoms with Gasteiger partial charge in [-0.3, -0.25) is 18.6 Å². The van der Waals surface area contributed by atoms with Crippen molar-refractivity contribution in [1.82, 2.24) is 0 Å². The lowest BCUT2D eigenvalue weighted by Crippen LogP contribution is -2.34. The van der Waals surface area contributed by atoms with Crippen molar-refractivity contribution in [2.24, 2.45) is 5.73 Å². The van der Waals surface area contributed by atoms with Crippen LogP contribution in [0.25, 0.3) is 0 Å². The van der Waals surface area contributed by atoms with Crippen molar-refractivity contribution in [3.05, 3.63) is 24.3 Å². The van der Waals surface area contributed by atoms with E-state index in [9.17, 15) is 19.0 Å². The molecular weight excluding hydrogens is 802 g/mol. The van der Waals surface area contributed by atoms with Crippen LogP contribution in [0.5, 0.6) is 0 Å². The van der Waals surface area contributed by atoms with Crippen LogP contribution in [-0.2, 0) is 32.7 Å². The monoisotopic (exact) mass is 900 g/mol. The van der Waals surface area contributed by atoms with Gasteiger partial charge >= 0.3 is 19.8 Å². The molecule has 0 fully saturated rings. The maximum absolute atomic E-state index is 12.7. The number of unbranched alkanes of at least 4 members (excludes halogenated alkanes) is 32. The number of hydrogen-bond donors (Lipinski definition) is 3. The van der Waals surface area contributed by atoms with Gasteiger partial charge in [-0.1, -0.05) is 224 Å². The third kappa shape index (κ3) is 46.4. The van der Waals surface area contributed by atoms with E-state index in [2.05, 4.69) is 38.2 Å². The molecule has 0 saturated carbocycles. The van der Waals surface area contributed by atoms with E-state index in [-0.39, 0.29) is 13.0 Å². The first kappa shape index (κ1) is 60.5. The van der Waals surface area contributed by atoms with E-state index >= 15 is 0 Å². The van der Waals surface area contributed by atoms with Crippen LogP contribution in [0.3, 0.4) is 0 Å². The number of aliphatic carboxylic acids is 1. The van der Waals surface area contributed by atoms with Gasteiger partial charge in [0.25, 0.3) is 0 Å². The van der Waals surface area contributed by atoms with Crippen molar-refractivity contribution in [3.63, 3.8) is 0 Å². The average molecular weight is 900 g/mol. The number of nitrogens with two attached hydrogens (primary N) is 1. The second kappa shape index (κ2) is 47.4. The van der Waals surface area contributed by atoms with Gasteiger partial charge in [-0.2, -0.15) is 0 Å². The van der Waals surface area contributed by atoms with E-state index in [1.165, 1.54) is 180 Å². The van der Waals surface area contributed by atoms with Crippen LogP contribution in [0.2, 0.25) is 0 Å². The van der Waals surface area contributed by atoms with Gasteiger partial charge in [-0.05, 0) is 44.9 Å². The molecule has 0 aromatic rings. The summed E-state index contributed by atoms with van der Waals surface area (Å²) in [4.78, 5) is 33.7. The van der Waals surface area contributed by atoms with Crippen molar-refractivity contribution in [3.8, 4) is 0 Å². The van der Waals surface area contributed by atoms with Crippen molar-refractivity contribution < 1.29 is 42.7 Å². The van der Waals surface area contributed by atoms with Gasteiger partial charge in [0.15, 0.2) is 0 Å². The fourth-order valence-corrected chi connectivity index (χ4v) is 8.24. The Morgan fingerprint density at radius 1 is 0.516 bits per heavy atom. The SMILES string of the molecule is CCCCCC/C=C\C/C=C\CCCCCCCCOCC(COP(=O)(O)OCC(N)C(=O)O)OC(=O)CCCCCCCCCCCCCCCCCCCCCCCCC. The molecule has 0 radical (unpaired) electrons. The molecule has 4 N–H and O–H groups in total. The van der Waals surface area contributed by atoms with E-state index in [0.29, 0.717) is 13.0 Å². The lowest BCUT2D eigenvalue weighted by Gasteiger charge is -2.20. The number of rotatable bonds is 50. The molecule has 0 aliphatic rings. The molecule has 0 bridgehead atoms. The van der Waals surface area contributed by atoms with Crippen LogP contribution in [0.4, 0.5) is 0 Å². The predicted molar refractivity (Wildman–Crippen MR) is 258 cm³/mol. The summed E-state index contributed by atoms with van der Waals surface area (Å²) < 4.78 is 33.5. The third-order valence-electron chi connectivity index (χ3n) is 11.5. The molecule has 0 aromatic heterocycles. The number of carboxylic acids is 1. The van der Waals surface area contributed by atoms with Crippen molar-refractivity contribution >= 4 is 19.8 Å². The van der Waals surface area contributed by atoms with Crippen molar-refractivity contribution in [2.75, 3.05) is 26.4 Å². The highest BCUT2D eigenvalue weighted by Crippen LogP contribution is 2.43. The summed E-state index contributed by atoms with van der Waals surface area (Å²) in [6.45, 7) is 3.89. The molecule has 11 heteroatoms. The summed E-state index contributed by atoms with van der Waals surface area (Å²) in [6.07, 6.45) is 53.8. The fourth-order valence-electron chi connectivity index (χ4n) is 7.46. The lowest BCUT2D eigenvalue weighted by atomic mass is 10.0. The molecule has 0 saturated heterocycles. The number of carboxylic acid groups (broad SMARTS) is 1. The van der Waals surface area contributed by atoms with E-state index in [1.54, 1.807) is 0 Å². The number of phosphoric ester groups is 1. The number of allylic oxidation sites excluding steroid dienone is 4. The van der Waals surface area contributed by atoms with Crippen LogP contribution >= 0.6 is 7.82 Å². The number of ether oxygens (including phenoxy) is 2. The second-order valence-corrected chi connectivity index (χ2v) is 19.1. The molecule has 62 heavy (non-hydrogen) atoms. The van der Waals surface area contributed by atoms with Gasteiger partial charge in [0.05, 0.1) is 19.8 Å². The second-order valence-electron chi connectivity index (χ2n) is 17.7. The van der Waals surface area contributed by atoms with Crippen molar-refractivity contribution in [1.29, 1.82) is 0 Å². The molecule has 0 spiro atoms. The molecule has 0 rings (SSSR count). The van der Waals surface area contributed by atoms with E-state index in [1.807, 2.05) is 0 Å². The highest BCUT2D eigenvalue weighted by Gasteiger charge is 2.27. The van der Waals surface area contributed by atoms with Gasteiger partial charge < -0.3 is 25.2 Å². The number of carbonyl (C=O) groups excluding carboxylic acids is 1. The zero-order valence-electron chi connectivity index (χ0n) is 40.2. The molecule has 3 unspecified atom stereocenters. The standard InChI is InChI=1S/C51H98NO9P/c1-3-5-7-9-11-13-15-17-19-21-22-23-24-25-26-27-29-31-33-35-37-39-41-43-50(53)61-48(46-59-62(56,57)60-47-49(52)51(54)55)45-58-44-42-40-38-36-34-32-30-28-20-18-16-14-12-10-8-6-4-2/h14,16,20,28,48-49H,3-13,15,17-19,21-27,29-47,52H2,1-2H3,(H,54,55)(H,56,57)/b16-14-,28-20-. The third-order valence-corrected chi connectivity index (χ3v) is 12.4. The Morgan fingerprint density at radius 3 is 1.32 bits per heavy atom. The first-order valence-electron chi connectivity index (χ1n) is 25.9. The summed E-state index contributed by atoms with van der Waals surface area (Å²) >= 11 is 0. The van der Waals surface area contributed by atoms with Gasteiger partial charge in [0, 0.05) is 13.0 Å². The minimum absolute atomic E-state index is 0.0140. The molecule has 3 atom stereocenters. The first-order valence-corrected chi connectivity index (χ1v) is 27.4. The molecule has 366 valence electrons. The Labute approximate surface area is 381 Å². The topological polar surface area (TPSA) is 155 Å². The number of hydrogen-bond acceptors (Lipinski definition) is 8. The van der Waals surface area contributed by atoms with Crippen LogP contribution in [-0.4, -0.2) is 60.5 Å². The lowest BCUT2D eigenvalue weighted by molar-refractivity contribution is -0.154. The van der Waals surface area contributed by atoms with Gasteiger partial charge in [-0.15, -0.1) is 0 Å². The Hall–Kier alpha value is -1.55. The zero-order chi connectivity index (χ0) is 45.5. The molecular formula is C51H98NO9P. The first-order chi connectivity index (χ1) is 30.2. The van der Waals surface area contributed by atoms with Gasteiger partial charge in [-0.25, -0.2) is 4.57 Å². The van der Waals surface area contributed by atoms with Gasteiger partial charge in [0.2, 0.25) is 0 Å². The summed E-state index contributed by atoms with van der Waals surface area (Å²) in [5, 5.41) is 8.93. The van der Waals surface area contributed by atoms with Crippen LogP contribution < -0.4 is 5.73 Å². The highest BCUT2D eigenvalue weighted by atomic mass is 31.2. The number of esters is 1. The van der Waals surface area contributed by atoms with E-state index in [0.717, 1.165) is 44.9 Å². The Balaban J connectivity index is 4.10. The predicted octanol–water partition coefficient (Wildman–Crippen LogP) is 15.0. The number of phosphoric acid groups is 1. The Bertz CT molecular complexity index is 1090. The smallest absolute Gasteiger partial charge is 0.472 e. The molecule has 0 amide bonds. The highest BCUT2D eigenvalue weighted by molar-refractivity contribution is 7.47. The minimum Gasteiger partial charge on any atom is -0.480 e. The number of carbonyl (C=O) groups is 2. The Morgan fingerprint density at radius 2 is 0.887 bits per heavy atom. The maximum Gasteiger partial charge on any atom is 0.472 e. The average Bonchev–Trinajstić information content (AvgIpc) is 3.25. The summed E-state index contributed by atoms with van der Waals surface area (Å²) in [7, 11) is -4.62. The van der Waals surface area contributed by atoms with Crippen LogP contribution in [0.15, 0.2) is 24.3 Å². The van der Waals surface area contributed by atoms with Crippen molar-refractivity contribution in [2.45, 2.75) is 264 Å². The quantitative estimate of drug-likeness (QED) is 0.0233. The molecule has 0 aliphatic heterocycles. The Kier molecular flexibility index (Phi) is 46.2. The van der Waals surface area contributed by atoms with E-state index < -0.39 is 45.1 Å². The zero-order valence-corrected chi connectivity index (χ0v) is 41.1. The molecule has 0 heterocycles. The normalized spacial score (nSPS) is 13.9. The fraction of sp³-hybridized carbons (Fsp3) is 0.882. The molecule has 10 nitrogen and oxygen atoms in total. The minimum atomic E-state index is -4.62. The van der Waals surface area contributed by atoms with Gasteiger partial charge in [0.1, 0.15) is 12.1 Å². The summed E-state index contributed by atoms with van der Waals surface area (Å²) in [6, 6.07) is -1.47. The van der Waals surface area contributed by atoms with Crippen LogP contribution in [0.1, 0.15) is 251 Å². The molecule has 0 aliphatic carbocycles. The van der Waals surface area contributed by atoms with Crippen LogP contribution in [0, 0.1) is 0 Å².